The van der Waals surface area contributed by atoms with Crippen molar-refractivity contribution in [2.24, 2.45) is 0 Å². The van der Waals surface area contributed by atoms with Crippen LogP contribution in [0.3, 0.4) is 0 Å². The van der Waals surface area contributed by atoms with E-state index in [-0.39, 0.29) is 12.1 Å². The van der Waals surface area contributed by atoms with Gasteiger partial charge in [0.25, 0.3) is 0 Å². The molecule has 0 saturated carbocycles. The molecule has 0 radical (unpaired) electrons. The summed E-state index contributed by atoms with van der Waals surface area (Å²) in [4.78, 5) is 14.5. The lowest BCUT2D eigenvalue weighted by Crippen LogP contribution is -2.41. The van der Waals surface area contributed by atoms with Gasteiger partial charge in [-0.15, -0.1) is 0 Å². The highest BCUT2D eigenvalue weighted by Gasteiger charge is 2.29. The molecule has 1 aliphatic rings. The molecule has 1 aliphatic heterocycles. The highest BCUT2D eigenvalue weighted by atomic mass is 35.5. The highest BCUT2D eigenvalue weighted by Crippen LogP contribution is 2.23. The van der Waals surface area contributed by atoms with Crippen LogP contribution in [0.1, 0.15) is 18.4 Å². The smallest absolute Gasteiger partial charge is 0.320 e. The normalized spacial score (nSPS) is 17.7. The maximum atomic E-state index is 12.6. The van der Waals surface area contributed by atoms with Crippen LogP contribution in [0.4, 0.5) is 10.5 Å². The molecule has 0 bridgehead atoms. The number of aryl methyl sites for hydroxylation is 1. The third-order valence-corrected chi connectivity index (χ3v) is 4.27. The summed E-state index contributed by atoms with van der Waals surface area (Å²) in [6.07, 6.45) is 5.71. The van der Waals surface area contributed by atoms with E-state index in [1.165, 1.54) is 0 Å². The lowest BCUT2D eigenvalue weighted by Gasteiger charge is -2.25. The van der Waals surface area contributed by atoms with Crippen molar-refractivity contribution < 1.29 is 4.79 Å². The first-order valence-corrected chi connectivity index (χ1v) is 7.82. The number of halogens is 1. The monoisotopic (exact) mass is 318 g/mol. The molecule has 116 valence electrons. The fraction of sp³-hybridized carbons (Fsp3) is 0.375. The van der Waals surface area contributed by atoms with E-state index in [9.17, 15) is 4.79 Å². The Kier molecular flexibility index (Phi) is 4.34. The number of urea groups is 1. The van der Waals surface area contributed by atoms with Gasteiger partial charge in [0, 0.05) is 29.6 Å². The topological polar surface area (TPSA) is 50.2 Å². The second-order valence-electron chi connectivity index (χ2n) is 5.61. The molecule has 1 saturated heterocycles. The summed E-state index contributed by atoms with van der Waals surface area (Å²) in [6.45, 7) is 3.46. The quantitative estimate of drug-likeness (QED) is 0.941. The summed E-state index contributed by atoms with van der Waals surface area (Å²) in [5.74, 6) is 0. The molecular weight excluding hydrogens is 300 g/mol. The van der Waals surface area contributed by atoms with Crippen LogP contribution >= 0.6 is 11.6 Å². The third-order valence-electron chi connectivity index (χ3n) is 4.04. The van der Waals surface area contributed by atoms with Crippen molar-refractivity contribution in [2.45, 2.75) is 32.4 Å². The number of nitrogens with zero attached hydrogens (tertiary/aromatic N) is 3. The summed E-state index contributed by atoms with van der Waals surface area (Å²) < 4.78 is 1.88. The van der Waals surface area contributed by atoms with Gasteiger partial charge in [0.2, 0.25) is 0 Å². The SMILES string of the molecule is Cc1ccc(Cl)cc1NC(=O)N1CCCC1Cn1cccn1. The van der Waals surface area contributed by atoms with Gasteiger partial charge in [-0.1, -0.05) is 17.7 Å². The Labute approximate surface area is 134 Å². The predicted molar refractivity (Wildman–Crippen MR) is 87.2 cm³/mol. The Morgan fingerprint density at radius 3 is 3.14 bits per heavy atom. The molecule has 5 nitrogen and oxygen atoms in total. The second-order valence-corrected chi connectivity index (χ2v) is 6.04. The van der Waals surface area contributed by atoms with Crippen LogP contribution in [0, 0.1) is 6.92 Å². The summed E-state index contributed by atoms with van der Waals surface area (Å²) in [5, 5.41) is 7.82. The number of hydrogen-bond acceptors (Lipinski definition) is 2. The highest BCUT2D eigenvalue weighted by molar-refractivity contribution is 6.31. The molecule has 22 heavy (non-hydrogen) atoms. The van der Waals surface area contributed by atoms with E-state index in [4.69, 9.17) is 11.6 Å². The van der Waals surface area contributed by atoms with Gasteiger partial charge >= 0.3 is 6.03 Å². The Morgan fingerprint density at radius 1 is 1.50 bits per heavy atom. The van der Waals surface area contributed by atoms with E-state index < -0.39 is 0 Å². The van der Waals surface area contributed by atoms with E-state index in [2.05, 4.69) is 10.4 Å². The molecule has 1 unspecified atom stereocenters. The average Bonchev–Trinajstić information content (AvgIpc) is 3.15. The number of likely N-dealkylation sites (tertiary alicyclic amines) is 1. The van der Waals surface area contributed by atoms with Gasteiger partial charge in [-0.25, -0.2) is 4.79 Å². The Bertz CT molecular complexity index is 656. The van der Waals surface area contributed by atoms with Crippen LogP contribution in [0.5, 0.6) is 0 Å². The van der Waals surface area contributed by atoms with E-state index in [1.807, 2.05) is 40.9 Å². The first-order valence-electron chi connectivity index (χ1n) is 7.44. The number of amides is 2. The summed E-state index contributed by atoms with van der Waals surface area (Å²) in [5.41, 5.74) is 1.77. The fourth-order valence-electron chi connectivity index (χ4n) is 2.83. The average molecular weight is 319 g/mol. The van der Waals surface area contributed by atoms with Gasteiger partial charge < -0.3 is 10.2 Å². The Balaban J connectivity index is 1.69. The number of rotatable bonds is 3. The Morgan fingerprint density at radius 2 is 2.36 bits per heavy atom. The van der Waals surface area contributed by atoms with Crippen molar-refractivity contribution in [1.29, 1.82) is 0 Å². The molecule has 3 rings (SSSR count). The van der Waals surface area contributed by atoms with Gasteiger partial charge in [-0.05, 0) is 43.5 Å². The summed E-state index contributed by atoms with van der Waals surface area (Å²) in [7, 11) is 0. The van der Waals surface area contributed by atoms with Crippen LogP contribution in [-0.2, 0) is 6.54 Å². The van der Waals surface area contributed by atoms with Crippen LogP contribution in [-0.4, -0.2) is 33.3 Å². The molecule has 1 fully saturated rings. The minimum absolute atomic E-state index is 0.0694. The third kappa shape index (κ3) is 3.25. The van der Waals surface area contributed by atoms with Crippen molar-refractivity contribution in [3.8, 4) is 0 Å². The number of benzene rings is 1. The minimum Gasteiger partial charge on any atom is -0.320 e. The first kappa shape index (κ1) is 14.9. The molecule has 1 atom stereocenters. The number of anilines is 1. The van der Waals surface area contributed by atoms with Gasteiger partial charge in [-0.2, -0.15) is 5.10 Å². The predicted octanol–water partition coefficient (Wildman–Crippen LogP) is 3.54. The zero-order valence-electron chi connectivity index (χ0n) is 12.5. The lowest BCUT2D eigenvalue weighted by atomic mass is 10.2. The zero-order valence-corrected chi connectivity index (χ0v) is 13.3. The number of hydrogen-bond donors (Lipinski definition) is 1. The van der Waals surface area contributed by atoms with Crippen LogP contribution in [0.2, 0.25) is 5.02 Å². The van der Waals surface area contributed by atoms with Crippen LogP contribution in [0.25, 0.3) is 0 Å². The second kappa shape index (κ2) is 6.40. The van der Waals surface area contributed by atoms with E-state index in [0.29, 0.717) is 5.02 Å². The molecule has 1 aromatic carbocycles. The number of carbonyl (C=O) groups is 1. The largest absolute Gasteiger partial charge is 0.322 e. The minimum atomic E-state index is -0.0694. The van der Waals surface area contributed by atoms with Gasteiger partial charge in [0.05, 0.1) is 12.6 Å². The molecule has 2 heterocycles. The molecule has 1 N–H and O–H groups in total. The molecule has 0 spiro atoms. The number of nitrogens with one attached hydrogen (secondary N) is 1. The summed E-state index contributed by atoms with van der Waals surface area (Å²) >= 11 is 6.01. The van der Waals surface area contributed by atoms with Crippen molar-refractivity contribution in [3.63, 3.8) is 0 Å². The van der Waals surface area contributed by atoms with Gasteiger partial charge in [0.1, 0.15) is 0 Å². The van der Waals surface area contributed by atoms with Crippen LogP contribution < -0.4 is 5.32 Å². The molecule has 2 amide bonds. The van der Waals surface area contributed by atoms with Crippen LogP contribution in [0.15, 0.2) is 36.7 Å². The molecule has 2 aromatic rings. The maximum absolute atomic E-state index is 12.6. The Hall–Kier alpha value is -2.01. The lowest BCUT2D eigenvalue weighted by molar-refractivity contribution is 0.199. The molecule has 0 aliphatic carbocycles. The first-order chi connectivity index (χ1) is 10.6. The molecular formula is C16H19ClN4O. The standard InChI is InChI=1S/C16H19ClN4O/c1-12-5-6-13(17)10-15(12)19-16(22)21-9-2-4-14(21)11-20-8-3-7-18-20/h3,5-8,10,14H,2,4,9,11H2,1H3,(H,19,22). The van der Waals surface area contributed by atoms with Crippen molar-refractivity contribution in [2.75, 3.05) is 11.9 Å². The van der Waals surface area contributed by atoms with E-state index in [1.54, 1.807) is 12.3 Å². The molecule has 1 aromatic heterocycles. The fourth-order valence-corrected chi connectivity index (χ4v) is 3.01. The van der Waals surface area contributed by atoms with Gasteiger partial charge in [-0.3, -0.25) is 4.68 Å². The number of aromatic nitrogens is 2. The van der Waals surface area contributed by atoms with Crippen molar-refractivity contribution in [3.05, 3.63) is 47.2 Å². The molecule has 6 heteroatoms. The van der Waals surface area contributed by atoms with E-state index >= 15 is 0 Å². The zero-order chi connectivity index (χ0) is 15.5. The summed E-state index contributed by atoms with van der Waals surface area (Å²) in [6, 6.07) is 7.52. The van der Waals surface area contributed by atoms with Crippen molar-refractivity contribution >= 4 is 23.3 Å². The van der Waals surface area contributed by atoms with Crippen molar-refractivity contribution in [1.82, 2.24) is 14.7 Å². The van der Waals surface area contributed by atoms with Gasteiger partial charge in [0.15, 0.2) is 0 Å². The maximum Gasteiger partial charge on any atom is 0.322 e. The van der Waals surface area contributed by atoms with E-state index in [0.717, 1.165) is 37.2 Å². The number of carbonyl (C=O) groups excluding carboxylic acids is 1.